The molecule has 1 N–H and O–H groups in total. The van der Waals surface area contributed by atoms with Gasteiger partial charge in [-0.3, -0.25) is 0 Å². The van der Waals surface area contributed by atoms with Crippen LogP contribution in [0, 0.1) is 5.82 Å². The monoisotopic (exact) mass is 221 g/mol. The number of carbonyl (C=O) groups is 1. The van der Waals surface area contributed by atoms with Crippen LogP contribution in [0.5, 0.6) is 5.88 Å². The maximum Gasteiger partial charge on any atom is 0.338 e. The lowest BCUT2D eigenvalue weighted by Gasteiger charge is -2.07. The Morgan fingerprint density at radius 3 is 2.88 bits per heavy atom. The topological polar surface area (TPSA) is 59.4 Å². The van der Waals surface area contributed by atoms with Crippen LogP contribution in [-0.4, -0.2) is 23.2 Å². The Kier molecular flexibility index (Phi) is 2.44. The maximum atomic E-state index is 13.6. The van der Waals surface area contributed by atoms with Crippen LogP contribution in [0.4, 0.5) is 4.39 Å². The van der Waals surface area contributed by atoms with Crippen molar-refractivity contribution < 1.29 is 19.0 Å². The molecule has 1 aromatic heterocycles. The zero-order chi connectivity index (χ0) is 11.7. The fourth-order valence-electron chi connectivity index (χ4n) is 1.56. The van der Waals surface area contributed by atoms with E-state index in [0.717, 1.165) is 6.20 Å². The van der Waals surface area contributed by atoms with E-state index in [1.165, 1.54) is 19.2 Å². The number of carboxylic acid groups (broad SMARTS) is 1. The van der Waals surface area contributed by atoms with Crippen molar-refractivity contribution in [1.29, 1.82) is 0 Å². The minimum Gasteiger partial charge on any atom is -0.481 e. The number of pyridine rings is 1. The van der Waals surface area contributed by atoms with Gasteiger partial charge in [0.25, 0.3) is 0 Å². The van der Waals surface area contributed by atoms with E-state index in [-0.39, 0.29) is 16.8 Å². The number of rotatable bonds is 2. The highest BCUT2D eigenvalue weighted by molar-refractivity contribution is 6.04. The highest BCUT2D eigenvalue weighted by Crippen LogP contribution is 2.28. The molecule has 0 amide bonds. The Bertz CT molecular complexity index is 568. The van der Waals surface area contributed by atoms with Crippen molar-refractivity contribution in [3.63, 3.8) is 0 Å². The first-order valence-electron chi connectivity index (χ1n) is 4.49. The third-order valence-electron chi connectivity index (χ3n) is 2.25. The molecule has 0 aliphatic carbocycles. The van der Waals surface area contributed by atoms with E-state index < -0.39 is 11.8 Å². The largest absolute Gasteiger partial charge is 0.481 e. The number of hydrogen-bond acceptors (Lipinski definition) is 3. The summed E-state index contributed by atoms with van der Waals surface area (Å²) in [6, 6.07) is 4.25. The van der Waals surface area contributed by atoms with Gasteiger partial charge < -0.3 is 9.84 Å². The molecular formula is C11H8FNO3. The zero-order valence-corrected chi connectivity index (χ0v) is 8.40. The molecule has 5 heteroatoms. The van der Waals surface area contributed by atoms with Crippen LogP contribution in [0.1, 0.15) is 10.4 Å². The van der Waals surface area contributed by atoms with E-state index in [1.54, 1.807) is 6.07 Å². The molecule has 82 valence electrons. The van der Waals surface area contributed by atoms with E-state index >= 15 is 0 Å². The summed E-state index contributed by atoms with van der Waals surface area (Å²) in [5, 5.41) is 9.29. The first-order chi connectivity index (χ1) is 7.65. The lowest BCUT2D eigenvalue weighted by atomic mass is 10.1. The van der Waals surface area contributed by atoms with E-state index in [4.69, 9.17) is 9.84 Å². The van der Waals surface area contributed by atoms with Crippen molar-refractivity contribution >= 4 is 16.7 Å². The third kappa shape index (κ3) is 1.46. The van der Waals surface area contributed by atoms with Gasteiger partial charge in [0.1, 0.15) is 5.82 Å². The van der Waals surface area contributed by atoms with Gasteiger partial charge in [-0.1, -0.05) is 6.07 Å². The molecule has 0 atom stereocenters. The molecule has 0 radical (unpaired) electrons. The molecule has 0 unspecified atom stereocenters. The molecule has 0 saturated heterocycles. The minimum atomic E-state index is -1.22. The number of fused-ring (bicyclic) bond motifs is 1. The van der Waals surface area contributed by atoms with Gasteiger partial charge in [0.15, 0.2) is 0 Å². The van der Waals surface area contributed by atoms with E-state index in [1.807, 2.05) is 0 Å². The van der Waals surface area contributed by atoms with Crippen molar-refractivity contribution in [2.75, 3.05) is 7.11 Å². The highest BCUT2D eigenvalue weighted by Gasteiger charge is 2.16. The SMILES string of the molecule is COc1ncc(C(=O)O)c2c(F)cccc12. The van der Waals surface area contributed by atoms with Crippen LogP contribution in [0.25, 0.3) is 10.8 Å². The summed E-state index contributed by atoms with van der Waals surface area (Å²) < 4.78 is 18.5. The molecular weight excluding hydrogens is 213 g/mol. The molecule has 4 nitrogen and oxygen atoms in total. The third-order valence-corrected chi connectivity index (χ3v) is 2.25. The Morgan fingerprint density at radius 1 is 1.50 bits per heavy atom. The van der Waals surface area contributed by atoms with Crippen molar-refractivity contribution in [3.05, 3.63) is 35.8 Å². The van der Waals surface area contributed by atoms with Crippen LogP contribution in [0.2, 0.25) is 0 Å². The number of hydrogen-bond donors (Lipinski definition) is 1. The first-order valence-corrected chi connectivity index (χ1v) is 4.49. The van der Waals surface area contributed by atoms with E-state index in [0.29, 0.717) is 5.39 Å². The first kappa shape index (κ1) is 10.4. The van der Waals surface area contributed by atoms with Gasteiger partial charge in [-0.15, -0.1) is 0 Å². The fourth-order valence-corrected chi connectivity index (χ4v) is 1.56. The van der Waals surface area contributed by atoms with Crippen molar-refractivity contribution in [1.82, 2.24) is 4.98 Å². The number of methoxy groups -OCH3 is 1. The van der Waals surface area contributed by atoms with E-state index in [2.05, 4.69) is 4.98 Å². The van der Waals surface area contributed by atoms with Gasteiger partial charge in [0.2, 0.25) is 5.88 Å². The van der Waals surface area contributed by atoms with Crippen molar-refractivity contribution in [2.24, 2.45) is 0 Å². The maximum absolute atomic E-state index is 13.6. The van der Waals surface area contributed by atoms with Gasteiger partial charge >= 0.3 is 5.97 Å². The normalized spacial score (nSPS) is 10.4. The Balaban J connectivity index is 2.92. The van der Waals surface area contributed by atoms with E-state index in [9.17, 15) is 9.18 Å². The lowest BCUT2D eigenvalue weighted by molar-refractivity contribution is 0.0698. The number of nitrogens with zero attached hydrogens (tertiary/aromatic N) is 1. The predicted molar refractivity (Wildman–Crippen MR) is 55.2 cm³/mol. The summed E-state index contributed by atoms with van der Waals surface area (Å²) in [7, 11) is 1.40. The van der Waals surface area contributed by atoms with Crippen LogP contribution in [0.3, 0.4) is 0 Å². The van der Waals surface area contributed by atoms with Gasteiger partial charge in [-0.25, -0.2) is 14.2 Å². The number of halogens is 1. The molecule has 0 aliphatic heterocycles. The second-order valence-corrected chi connectivity index (χ2v) is 3.15. The van der Waals surface area contributed by atoms with Gasteiger partial charge in [0.05, 0.1) is 12.7 Å². The summed E-state index contributed by atoms with van der Waals surface area (Å²) in [6.45, 7) is 0. The van der Waals surface area contributed by atoms with Gasteiger partial charge in [0, 0.05) is 17.0 Å². The molecule has 0 fully saturated rings. The van der Waals surface area contributed by atoms with Crippen LogP contribution >= 0.6 is 0 Å². The average molecular weight is 221 g/mol. The Labute approximate surface area is 90.3 Å². The molecule has 0 saturated carbocycles. The highest BCUT2D eigenvalue weighted by atomic mass is 19.1. The fraction of sp³-hybridized carbons (Fsp3) is 0.0909. The summed E-state index contributed by atoms with van der Waals surface area (Å²) in [4.78, 5) is 14.7. The number of carboxylic acids is 1. The second kappa shape index (κ2) is 3.77. The smallest absolute Gasteiger partial charge is 0.338 e. The molecule has 1 aromatic carbocycles. The molecule has 2 aromatic rings. The lowest BCUT2D eigenvalue weighted by Crippen LogP contribution is -2.02. The number of aromatic nitrogens is 1. The summed E-state index contributed by atoms with van der Waals surface area (Å²) >= 11 is 0. The molecule has 0 aliphatic rings. The molecule has 16 heavy (non-hydrogen) atoms. The minimum absolute atomic E-state index is 0.0156. The standard InChI is InChI=1S/C11H8FNO3/c1-16-10-6-3-2-4-8(12)9(6)7(5-13-10)11(14)15/h2-5H,1H3,(H,14,15). The molecule has 2 rings (SSSR count). The second-order valence-electron chi connectivity index (χ2n) is 3.15. The summed E-state index contributed by atoms with van der Waals surface area (Å²) in [5.41, 5.74) is -0.172. The van der Waals surface area contributed by atoms with Crippen molar-refractivity contribution in [2.45, 2.75) is 0 Å². The Morgan fingerprint density at radius 2 is 2.25 bits per heavy atom. The molecule has 0 bridgehead atoms. The predicted octanol–water partition coefficient (Wildman–Crippen LogP) is 2.08. The summed E-state index contributed by atoms with van der Waals surface area (Å²) in [5.74, 6) is -1.61. The zero-order valence-electron chi connectivity index (χ0n) is 8.40. The van der Waals surface area contributed by atoms with Crippen LogP contribution in [-0.2, 0) is 0 Å². The van der Waals surface area contributed by atoms with Crippen LogP contribution in [0.15, 0.2) is 24.4 Å². The van der Waals surface area contributed by atoms with Crippen molar-refractivity contribution in [3.8, 4) is 5.88 Å². The van der Waals surface area contributed by atoms with Gasteiger partial charge in [-0.2, -0.15) is 0 Å². The van der Waals surface area contributed by atoms with Gasteiger partial charge in [-0.05, 0) is 12.1 Å². The number of benzene rings is 1. The molecule has 1 heterocycles. The number of aromatic carboxylic acids is 1. The molecule has 0 spiro atoms. The average Bonchev–Trinajstić information content (AvgIpc) is 2.28. The quantitative estimate of drug-likeness (QED) is 0.843. The summed E-state index contributed by atoms with van der Waals surface area (Å²) in [6.07, 6.45) is 1.09. The van der Waals surface area contributed by atoms with Crippen LogP contribution < -0.4 is 4.74 Å². The Hall–Kier alpha value is -2.17. The number of ether oxygens (including phenoxy) is 1.